The van der Waals surface area contributed by atoms with Gasteiger partial charge in [0.15, 0.2) is 0 Å². The van der Waals surface area contributed by atoms with Crippen LogP contribution in [-0.2, 0) is 0 Å². The minimum absolute atomic E-state index is 0.0865. The third-order valence-corrected chi connectivity index (χ3v) is 4.71. The van der Waals surface area contributed by atoms with Gasteiger partial charge in [0, 0.05) is 24.5 Å². The van der Waals surface area contributed by atoms with Crippen LogP contribution in [0.1, 0.15) is 46.8 Å². The lowest BCUT2D eigenvalue weighted by atomic mass is 10.1. The molecule has 0 unspecified atom stereocenters. The molecule has 0 N–H and O–H groups in total. The normalized spacial score (nSPS) is 13.6. The van der Waals surface area contributed by atoms with Crippen molar-refractivity contribution >= 4 is 17.5 Å². The molecule has 0 atom stereocenters. The lowest BCUT2D eigenvalue weighted by Crippen LogP contribution is -2.28. The van der Waals surface area contributed by atoms with Gasteiger partial charge in [-0.25, -0.2) is 4.68 Å². The van der Waals surface area contributed by atoms with Crippen molar-refractivity contribution in [3.05, 3.63) is 46.2 Å². The Hall–Kier alpha value is -2.32. The van der Waals surface area contributed by atoms with Gasteiger partial charge in [-0.15, -0.1) is 0 Å². The molecule has 0 bridgehead atoms. The summed E-state index contributed by atoms with van der Waals surface area (Å²) < 4.78 is 1.83. The summed E-state index contributed by atoms with van der Waals surface area (Å²) in [5, 5.41) is 13.8. The maximum atomic E-state index is 12.7. The Morgan fingerprint density at radius 2 is 2.25 bits per heavy atom. The molecule has 24 heavy (non-hydrogen) atoms. The van der Waals surface area contributed by atoms with Crippen LogP contribution < -0.4 is 0 Å². The number of hydrogen-bond acceptors (Lipinski definition) is 3. The van der Waals surface area contributed by atoms with Gasteiger partial charge in [-0.3, -0.25) is 4.79 Å². The molecule has 1 saturated carbocycles. The van der Waals surface area contributed by atoms with E-state index in [1.165, 1.54) is 0 Å². The first-order chi connectivity index (χ1) is 11.5. The van der Waals surface area contributed by atoms with E-state index >= 15 is 0 Å². The van der Waals surface area contributed by atoms with Crippen LogP contribution in [0.25, 0.3) is 5.69 Å². The molecule has 1 fully saturated rings. The second-order valence-corrected chi connectivity index (χ2v) is 6.61. The molecule has 0 spiro atoms. The average molecular weight is 343 g/mol. The fourth-order valence-corrected chi connectivity index (χ4v) is 2.89. The highest BCUT2D eigenvalue weighted by Gasteiger charge is 2.33. The SMILES string of the molecule is Cc1ccc(-n2ncc(C(=O)N(C)CCC#N)c2C2CC2)cc1Cl. The lowest BCUT2D eigenvalue weighted by Gasteiger charge is -2.16. The van der Waals surface area contributed by atoms with E-state index in [4.69, 9.17) is 16.9 Å². The molecule has 1 aliphatic rings. The zero-order chi connectivity index (χ0) is 17.3. The van der Waals surface area contributed by atoms with Crippen molar-refractivity contribution in [2.75, 3.05) is 13.6 Å². The number of aryl methyl sites for hydroxylation is 1. The van der Waals surface area contributed by atoms with Gasteiger partial charge in [0.05, 0.1) is 35.6 Å². The molecule has 0 aliphatic heterocycles. The van der Waals surface area contributed by atoms with Gasteiger partial charge in [0.2, 0.25) is 0 Å². The Morgan fingerprint density at radius 1 is 1.50 bits per heavy atom. The largest absolute Gasteiger partial charge is 0.341 e. The number of benzene rings is 1. The summed E-state index contributed by atoms with van der Waals surface area (Å²) in [5.41, 5.74) is 3.44. The predicted octanol–water partition coefficient (Wildman–Crippen LogP) is 3.70. The number of hydrogen-bond donors (Lipinski definition) is 0. The number of carbonyl (C=O) groups excluding carboxylic acids is 1. The smallest absolute Gasteiger partial charge is 0.257 e. The zero-order valence-electron chi connectivity index (χ0n) is 13.8. The summed E-state index contributed by atoms with van der Waals surface area (Å²) in [6, 6.07) is 7.87. The fourth-order valence-electron chi connectivity index (χ4n) is 2.72. The number of aromatic nitrogens is 2. The number of amides is 1. The van der Waals surface area contributed by atoms with Gasteiger partial charge < -0.3 is 4.90 Å². The maximum absolute atomic E-state index is 12.7. The number of rotatable bonds is 5. The Balaban J connectivity index is 1.98. The molecular formula is C18H19ClN4O. The summed E-state index contributed by atoms with van der Waals surface area (Å²) >= 11 is 6.24. The highest BCUT2D eigenvalue weighted by atomic mass is 35.5. The number of nitrogens with zero attached hydrogens (tertiary/aromatic N) is 4. The molecule has 0 saturated heterocycles. The van der Waals surface area contributed by atoms with Crippen molar-refractivity contribution in [3.8, 4) is 11.8 Å². The Labute approximate surface area is 146 Å². The minimum Gasteiger partial charge on any atom is -0.341 e. The van der Waals surface area contributed by atoms with Crippen LogP contribution in [0.15, 0.2) is 24.4 Å². The molecular weight excluding hydrogens is 324 g/mol. The van der Waals surface area contributed by atoms with Crippen LogP contribution in [0.3, 0.4) is 0 Å². The molecule has 1 aromatic heterocycles. The molecule has 5 nitrogen and oxygen atoms in total. The first-order valence-corrected chi connectivity index (χ1v) is 8.37. The fraction of sp³-hybridized carbons (Fsp3) is 0.389. The van der Waals surface area contributed by atoms with Crippen LogP contribution in [0.2, 0.25) is 5.02 Å². The third-order valence-electron chi connectivity index (χ3n) is 4.31. The van der Waals surface area contributed by atoms with E-state index in [9.17, 15) is 4.79 Å². The van der Waals surface area contributed by atoms with Crippen molar-refractivity contribution in [2.45, 2.75) is 32.1 Å². The summed E-state index contributed by atoms with van der Waals surface area (Å²) in [7, 11) is 1.72. The minimum atomic E-state index is -0.0865. The van der Waals surface area contributed by atoms with Crippen molar-refractivity contribution in [3.63, 3.8) is 0 Å². The second kappa shape index (κ2) is 6.66. The van der Waals surface area contributed by atoms with E-state index in [2.05, 4.69) is 11.2 Å². The molecule has 1 aliphatic carbocycles. The Kier molecular flexibility index (Phi) is 4.59. The van der Waals surface area contributed by atoms with Gasteiger partial charge >= 0.3 is 0 Å². The standard InChI is InChI=1S/C18H19ClN4O/c1-12-4-7-14(10-16(12)19)23-17(13-5-6-13)15(11-21-23)18(24)22(2)9-3-8-20/h4,7,10-11,13H,3,5-6,9H2,1-2H3. The molecule has 3 rings (SSSR count). The predicted molar refractivity (Wildman–Crippen MR) is 92.5 cm³/mol. The molecule has 124 valence electrons. The monoisotopic (exact) mass is 342 g/mol. The lowest BCUT2D eigenvalue weighted by molar-refractivity contribution is 0.0797. The maximum Gasteiger partial charge on any atom is 0.257 e. The van der Waals surface area contributed by atoms with Gasteiger partial charge in [-0.1, -0.05) is 17.7 Å². The first kappa shape index (κ1) is 16.5. The molecule has 1 heterocycles. The molecule has 6 heteroatoms. The van der Waals surface area contributed by atoms with Crippen molar-refractivity contribution in [1.29, 1.82) is 5.26 Å². The number of nitriles is 1. The molecule has 2 aromatic rings. The quantitative estimate of drug-likeness (QED) is 0.832. The average Bonchev–Trinajstić information content (AvgIpc) is 3.32. The molecule has 1 amide bonds. The Morgan fingerprint density at radius 3 is 2.88 bits per heavy atom. The first-order valence-electron chi connectivity index (χ1n) is 7.99. The van der Waals surface area contributed by atoms with Crippen LogP contribution in [-0.4, -0.2) is 34.2 Å². The van der Waals surface area contributed by atoms with Gasteiger partial charge in [-0.05, 0) is 37.5 Å². The van der Waals surface area contributed by atoms with Gasteiger partial charge in [0.25, 0.3) is 5.91 Å². The van der Waals surface area contributed by atoms with Gasteiger partial charge in [-0.2, -0.15) is 10.4 Å². The van der Waals surface area contributed by atoms with Crippen LogP contribution in [0, 0.1) is 18.3 Å². The van der Waals surface area contributed by atoms with E-state index in [1.807, 2.05) is 29.8 Å². The highest BCUT2D eigenvalue weighted by molar-refractivity contribution is 6.31. The summed E-state index contributed by atoms with van der Waals surface area (Å²) in [6.45, 7) is 2.37. The van der Waals surface area contributed by atoms with E-state index < -0.39 is 0 Å². The van der Waals surface area contributed by atoms with E-state index in [0.717, 1.165) is 29.8 Å². The molecule has 1 aromatic carbocycles. The van der Waals surface area contributed by atoms with Crippen LogP contribution >= 0.6 is 11.6 Å². The van der Waals surface area contributed by atoms with E-state index in [1.54, 1.807) is 18.1 Å². The van der Waals surface area contributed by atoms with Crippen LogP contribution in [0.5, 0.6) is 0 Å². The van der Waals surface area contributed by atoms with Gasteiger partial charge in [0.1, 0.15) is 0 Å². The van der Waals surface area contributed by atoms with E-state index in [0.29, 0.717) is 29.5 Å². The van der Waals surface area contributed by atoms with Crippen molar-refractivity contribution in [2.24, 2.45) is 0 Å². The highest BCUT2D eigenvalue weighted by Crippen LogP contribution is 2.42. The van der Waals surface area contributed by atoms with Crippen molar-refractivity contribution < 1.29 is 4.79 Å². The van der Waals surface area contributed by atoms with E-state index in [-0.39, 0.29) is 5.91 Å². The Bertz CT molecular complexity index is 817. The zero-order valence-corrected chi connectivity index (χ0v) is 14.5. The topological polar surface area (TPSA) is 61.9 Å². The summed E-state index contributed by atoms with van der Waals surface area (Å²) in [6.07, 6.45) is 4.08. The number of halogens is 1. The number of carbonyl (C=O) groups is 1. The van der Waals surface area contributed by atoms with Crippen LogP contribution in [0.4, 0.5) is 0 Å². The summed E-state index contributed by atoms with van der Waals surface area (Å²) in [5.74, 6) is 0.271. The molecule has 0 radical (unpaired) electrons. The summed E-state index contributed by atoms with van der Waals surface area (Å²) in [4.78, 5) is 14.3. The second-order valence-electron chi connectivity index (χ2n) is 6.20. The third kappa shape index (κ3) is 3.15. The van der Waals surface area contributed by atoms with Crippen molar-refractivity contribution in [1.82, 2.24) is 14.7 Å².